The molecule has 0 aliphatic heterocycles. The van der Waals surface area contributed by atoms with Crippen molar-refractivity contribution >= 4 is 11.7 Å². The number of carboxylic acid groups (broad SMARTS) is 1. The Balaban J connectivity index is 2.43. The summed E-state index contributed by atoms with van der Waals surface area (Å²) in [6.07, 6.45) is 3.68. The van der Waals surface area contributed by atoms with E-state index in [0.717, 1.165) is 11.4 Å². The van der Waals surface area contributed by atoms with Crippen LogP contribution in [0, 0.1) is 6.92 Å². The zero-order valence-corrected chi connectivity index (χ0v) is 8.79. The Labute approximate surface area is 91.7 Å². The highest BCUT2D eigenvalue weighted by atomic mass is 16.4. The molecule has 3 N–H and O–H groups in total. The van der Waals surface area contributed by atoms with Crippen molar-refractivity contribution in [3.8, 4) is 0 Å². The molecular weight excluding hydrogens is 208 g/mol. The minimum Gasteiger partial charge on any atom is -0.480 e. The summed E-state index contributed by atoms with van der Waals surface area (Å²) in [6, 6.07) is 0.850. The number of hydrogen-bond acceptors (Lipinski definition) is 4. The average Bonchev–Trinajstić information content (AvgIpc) is 2.55. The molecule has 84 valence electrons. The second kappa shape index (κ2) is 3.90. The predicted octanol–water partition coefficient (Wildman–Crippen LogP) is -0.00788. The first-order chi connectivity index (χ1) is 7.59. The molecule has 0 bridgehead atoms. The van der Waals surface area contributed by atoms with Crippen molar-refractivity contribution in [2.24, 2.45) is 5.73 Å². The van der Waals surface area contributed by atoms with Gasteiger partial charge in [-0.2, -0.15) is 0 Å². The van der Waals surface area contributed by atoms with Crippen molar-refractivity contribution in [1.82, 2.24) is 14.4 Å². The first-order valence-electron chi connectivity index (χ1n) is 4.86. The van der Waals surface area contributed by atoms with Crippen LogP contribution >= 0.6 is 0 Å². The molecule has 0 aromatic carbocycles. The molecule has 0 spiro atoms. The van der Waals surface area contributed by atoms with E-state index in [4.69, 9.17) is 10.8 Å². The third-order valence-corrected chi connectivity index (χ3v) is 2.43. The molecule has 2 aromatic heterocycles. The number of fused-ring (bicyclic) bond motifs is 1. The van der Waals surface area contributed by atoms with E-state index < -0.39 is 12.0 Å². The minimum absolute atomic E-state index is 0.244. The van der Waals surface area contributed by atoms with Gasteiger partial charge in [-0.1, -0.05) is 0 Å². The number of carboxylic acids is 1. The number of hydrogen-bond donors (Lipinski definition) is 2. The summed E-state index contributed by atoms with van der Waals surface area (Å²) in [5.74, 6) is -0.453. The van der Waals surface area contributed by atoms with Crippen molar-refractivity contribution in [2.75, 3.05) is 0 Å². The van der Waals surface area contributed by atoms with E-state index in [1.165, 1.54) is 0 Å². The maximum Gasteiger partial charge on any atom is 0.320 e. The Morgan fingerprint density at radius 1 is 1.69 bits per heavy atom. The molecule has 6 heteroatoms. The van der Waals surface area contributed by atoms with Gasteiger partial charge in [-0.05, 0) is 13.0 Å². The number of aromatic nitrogens is 3. The monoisotopic (exact) mass is 220 g/mol. The minimum atomic E-state index is -1.02. The zero-order valence-electron chi connectivity index (χ0n) is 8.79. The number of imidazole rings is 1. The second-order valence-electron chi connectivity index (χ2n) is 3.58. The molecule has 1 unspecified atom stereocenters. The highest BCUT2D eigenvalue weighted by Gasteiger charge is 2.17. The standard InChI is InChI=1S/C10H12N4O2/c1-6-8(5-7(11)9(15)16)14-4-2-3-12-10(14)13-6/h2-4,7H,5,11H2,1H3,(H,15,16). The average molecular weight is 220 g/mol. The molecule has 0 saturated carbocycles. The van der Waals surface area contributed by atoms with E-state index in [9.17, 15) is 4.79 Å². The number of rotatable bonds is 3. The van der Waals surface area contributed by atoms with Gasteiger partial charge in [0.25, 0.3) is 0 Å². The van der Waals surface area contributed by atoms with E-state index in [1.54, 1.807) is 22.9 Å². The summed E-state index contributed by atoms with van der Waals surface area (Å²) < 4.78 is 1.76. The normalized spacial score (nSPS) is 12.9. The Morgan fingerprint density at radius 2 is 2.44 bits per heavy atom. The van der Waals surface area contributed by atoms with Gasteiger partial charge in [0.2, 0.25) is 5.78 Å². The summed E-state index contributed by atoms with van der Waals surface area (Å²) in [4.78, 5) is 19.0. The van der Waals surface area contributed by atoms with Gasteiger partial charge in [-0.25, -0.2) is 9.97 Å². The summed E-state index contributed by atoms with van der Waals surface area (Å²) >= 11 is 0. The Morgan fingerprint density at radius 3 is 3.12 bits per heavy atom. The van der Waals surface area contributed by atoms with Gasteiger partial charge in [-0.15, -0.1) is 0 Å². The molecule has 0 aliphatic rings. The molecule has 0 saturated heterocycles. The second-order valence-corrected chi connectivity index (χ2v) is 3.58. The lowest BCUT2D eigenvalue weighted by Crippen LogP contribution is -2.32. The van der Waals surface area contributed by atoms with E-state index in [-0.39, 0.29) is 6.42 Å². The quantitative estimate of drug-likeness (QED) is 0.758. The first-order valence-corrected chi connectivity index (χ1v) is 4.86. The largest absolute Gasteiger partial charge is 0.480 e. The molecule has 16 heavy (non-hydrogen) atoms. The van der Waals surface area contributed by atoms with Crippen molar-refractivity contribution in [3.63, 3.8) is 0 Å². The molecule has 2 rings (SSSR count). The van der Waals surface area contributed by atoms with Crippen molar-refractivity contribution in [2.45, 2.75) is 19.4 Å². The van der Waals surface area contributed by atoms with Crippen molar-refractivity contribution in [1.29, 1.82) is 0 Å². The van der Waals surface area contributed by atoms with Gasteiger partial charge in [0.1, 0.15) is 6.04 Å². The molecule has 1 atom stereocenters. The number of aliphatic carboxylic acids is 1. The SMILES string of the molecule is Cc1nc2ncccn2c1CC(N)C(=O)O. The van der Waals surface area contributed by atoms with Gasteiger partial charge in [0, 0.05) is 24.5 Å². The number of nitrogens with two attached hydrogens (primary N) is 1. The predicted molar refractivity (Wildman–Crippen MR) is 57.0 cm³/mol. The molecular formula is C10H12N4O2. The fourth-order valence-electron chi connectivity index (χ4n) is 1.59. The van der Waals surface area contributed by atoms with Crippen LogP contribution in [0.5, 0.6) is 0 Å². The molecule has 0 amide bonds. The van der Waals surface area contributed by atoms with Crippen LogP contribution in [-0.2, 0) is 11.2 Å². The highest BCUT2D eigenvalue weighted by Crippen LogP contribution is 2.11. The highest BCUT2D eigenvalue weighted by molar-refractivity contribution is 5.73. The lowest BCUT2D eigenvalue weighted by Gasteiger charge is -2.06. The lowest BCUT2D eigenvalue weighted by atomic mass is 10.1. The molecule has 0 radical (unpaired) electrons. The number of nitrogens with zero attached hydrogens (tertiary/aromatic N) is 3. The van der Waals surface area contributed by atoms with E-state index in [2.05, 4.69) is 9.97 Å². The fourth-order valence-corrected chi connectivity index (χ4v) is 1.59. The first kappa shape index (κ1) is 10.6. The van der Waals surface area contributed by atoms with Crippen LogP contribution in [0.25, 0.3) is 5.78 Å². The van der Waals surface area contributed by atoms with Crippen LogP contribution in [0.2, 0.25) is 0 Å². The van der Waals surface area contributed by atoms with E-state index in [1.807, 2.05) is 6.92 Å². The summed E-state index contributed by atoms with van der Waals surface area (Å²) in [6.45, 7) is 1.82. The Bertz CT molecular complexity index is 535. The fraction of sp³-hybridized carbons (Fsp3) is 0.300. The van der Waals surface area contributed by atoms with Gasteiger partial charge < -0.3 is 10.8 Å². The lowest BCUT2D eigenvalue weighted by molar-refractivity contribution is -0.138. The van der Waals surface area contributed by atoms with Crippen LogP contribution in [0.15, 0.2) is 18.5 Å². The van der Waals surface area contributed by atoms with Crippen molar-refractivity contribution < 1.29 is 9.90 Å². The zero-order chi connectivity index (χ0) is 11.7. The number of aryl methyl sites for hydroxylation is 1. The third kappa shape index (κ3) is 1.74. The van der Waals surface area contributed by atoms with E-state index in [0.29, 0.717) is 5.78 Å². The molecule has 6 nitrogen and oxygen atoms in total. The van der Waals surface area contributed by atoms with Gasteiger partial charge >= 0.3 is 5.97 Å². The summed E-state index contributed by atoms with van der Waals surface area (Å²) in [5.41, 5.74) is 7.06. The summed E-state index contributed by atoms with van der Waals surface area (Å²) in [5, 5.41) is 8.77. The van der Waals surface area contributed by atoms with Crippen LogP contribution in [0.1, 0.15) is 11.4 Å². The van der Waals surface area contributed by atoms with Gasteiger partial charge in [0.15, 0.2) is 0 Å². The smallest absolute Gasteiger partial charge is 0.320 e. The van der Waals surface area contributed by atoms with E-state index >= 15 is 0 Å². The molecule has 0 aliphatic carbocycles. The maximum atomic E-state index is 10.7. The third-order valence-electron chi connectivity index (χ3n) is 2.43. The van der Waals surface area contributed by atoms with Crippen LogP contribution in [0.3, 0.4) is 0 Å². The van der Waals surface area contributed by atoms with Crippen LogP contribution in [0.4, 0.5) is 0 Å². The Hall–Kier alpha value is -1.95. The van der Waals surface area contributed by atoms with Crippen LogP contribution < -0.4 is 5.73 Å². The molecule has 0 fully saturated rings. The van der Waals surface area contributed by atoms with Crippen molar-refractivity contribution in [3.05, 3.63) is 29.8 Å². The Kier molecular flexibility index (Phi) is 2.57. The summed E-state index contributed by atoms with van der Waals surface area (Å²) in [7, 11) is 0. The van der Waals surface area contributed by atoms with Gasteiger partial charge in [0.05, 0.1) is 5.69 Å². The number of carbonyl (C=O) groups is 1. The molecule has 2 aromatic rings. The topological polar surface area (TPSA) is 93.5 Å². The molecule has 2 heterocycles. The van der Waals surface area contributed by atoms with Gasteiger partial charge in [-0.3, -0.25) is 9.20 Å². The van der Waals surface area contributed by atoms with Crippen LogP contribution in [-0.4, -0.2) is 31.5 Å². The maximum absolute atomic E-state index is 10.7.